The number of amides is 2. The van der Waals surface area contributed by atoms with E-state index in [1.807, 2.05) is 11.8 Å². The zero-order valence-corrected chi connectivity index (χ0v) is 12.9. The smallest absolute Gasteiger partial charge is 0.317 e. The number of aliphatic carboxylic acids is 1. The lowest BCUT2D eigenvalue weighted by Gasteiger charge is -2.34. The molecule has 1 aliphatic heterocycles. The van der Waals surface area contributed by atoms with Crippen molar-refractivity contribution in [2.24, 2.45) is 17.8 Å². The van der Waals surface area contributed by atoms with Crippen molar-refractivity contribution < 1.29 is 14.7 Å². The maximum atomic E-state index is 12.0. The Morgan fingerprint density at radius 1 is 1.25 bits per heavy atom. The van der Waals surface area contributed by atoms with Gasteiger partial charge in [-0.2, -0.15) is 0 Å². The molecule has 1 fully saturated rings. The third kappa shape index (κ3) is 5.80. The lowest BCUT2D eigenvalue weighted by atomic mass is 9.87. The fourth-order valence-corrected chi connectivity index (χ4v) is 2.61. The lowest BCUT2D eigenvalue weighted by Crippen LogP contribution is -2.46. The van der Waals surface area contributed by atoms with E-state index in [-0.39, 0.29) is 18.4 Å². The van der Waals surface area contributed by atoms with E-state index < -0.39 is 5.97 Å². The second-order valence-electron chi connectivity index (χ2n) is 6.29. The van der Waals surface area contributed by atoms with Crippen LogP contribution in [-0.4, -0.2) is 41.6 Å². The van der Waals surface area contributed by atoms with Crippen LogP contribution in [0.5, 0.6) is 0 Å². The highest BCUT2D eigenvalue weighted by molar-refractivity contribution is 5.74. The number of hydrogen-bond donors (Lipinski definition) is 2. The number of urea groups is 1. The molecule has 0 aromatic carbocycles. The van der Waals surface area contributed by atoms with Gasteiger partial charge in [0.1, 0.15) is 0 Å². The molecule has 116 valence electrons. The van der Waals surface area contributed by atoms with Crippen molar-refractivity contribution in [3.63, 3.8) is 0 Å². The molecule has 0 saturated carbocycles. The third-order valence-electron chi connectivity index (χ3n) is 4.22. The zero-order valence-electron chi connectivity index (χ0n) is 12.9. The van der Waals surface area contributed by atoms with Crippen LogP contribution >= 0.6 is 0 Å². The van der Waals surface area contributed by atoms with Gasteiger partial charge in [-0.05, 0) is 37.0 Å². The first-order valence-electron chi connectivity index (χ1n) is 7.64. The van der Waals surface area contributed by atoms with Crippen molar-refractivity contribution in [2.45, 2.75) is 46.5 Å². The molecule has 1 rings (SSSR count). The van der Waals surface area contributed by atoms with E-state index in [2.05, 4.69) is 19.2 Å². The van der Waals surface area contributed by atoms with Crippen molar-refractivity contribution in [3.05, 3.63) is 0 Å². The highest BCUT2D eigenvalue weighted by Crippen LogP contribution is 2.24. The topological polar surface area (TPSA) is 69.6 Å². The number of piperidine rings is 1. The highest BCUT2D eigenvalue weighted by Gasteiger charge is 2.24. The lowest BCUT2D eigenvalue weighted by molar-refractivity contribution is -0.137. The SMILES string of the molecule is CC(CCC(=O)O)CNC(=O)N1CCC(C(C)C)CC1. The summed E-state index contributed by atoms with van der Waals surface area (Å²) >= 11 is 0. The molecule has 1 aliphatic rings. The summed E-state index contributed by atoms with van der Waals surface area (Å²) in [5.41, 5.74) is 0. The standard InChI is InChI=1S/C15H28N2O3/c1-11(2)13-6-8-17(9-7-13)15(20)16-10-12(3)4-5-14(18)19/h11-13H,4-10H2,1-3H3,(H,16,20)(H,18,19). The molecular weight excluding hydrogens is 256 g/mol. The molecule has 0 aromatic heterocycles. The van der Waals surface area contributed by atoms with Crippen molar-refractivity contribution in [3.8, 4) is 0 Å². The Labute approximate surface area is 121 Å². The molecule has 0 spiro atoms. The van der Waals surface area contributed by atoms with Crippen LogP contribution in [0, 0.1) is 17.8 Å². The van der Waals surface area contributed by atoms with Crippen LogP contribution in [-0.2, 0) is 4.79 Å². The minimum Gasteiger partial charge on any atom is -0.481 e. The Bertz CT molecular complexity index is 323. The van der Waals surface area contributed by atoms with Crippen LogP contribution < -0.4 is 5.32 Å². The van der Waals surface area contributed by atoms with Gasteiger partial charge in [-0.1, -0.05) is 20.8 Å². The highest BCUT2D eigenvalue weighted by atomic mass is 16.4. The fraction of sp³-hybridized carbons (Fsp3) is 0.867. The molecule has 2 N–H and O–H groups in total. The van der Waals surface area contributed by atoms with Crippen molar-refractivity contribution >= 4 is 12.0 Å². The molecule has 0 bridgehead atoms. The van der Waals surface area contributed by atoms with Gasteiger partial charge in [-0.3, -0.25) is 4.79 Å². The number of nitrogens with zero attached hydrogens (tertiary/aromatic N) is 1. The molecule has 1 heterocycles. The summed E-state index contributed by atoms with van der Waals surface area (Å²) < 4.78 is 0. The summed E-state index contributed by atoms with van der Waals surface area (Å²) in [5.74, 6) is 0.840. The first-order chi connectivity index (χ1) is 9.40. The Morgan fingerprint density at radius 2 is 1.85 bits per heavy atom. The number of nitrogens with one attached hydrogen (secondary N) is 1. The molecule has 1 atom stereocenters. The summed E-state index contributed by atoms with van der Waals surface area (Å²) in [6.45, 7) is 8.66. The van der Waals surface area contributed by atoms with Crippen molar-refractivity contribution in [1.29, 1.82) is 0 Å². The van der Waals surface area contributed by atoms with Crippen LogP contribution in [0.25, 0.3) is 0 Å². The van der Waals surface area contributed by atoms with E-state index in [1.165, 1.54) is 0 Å². The van der Waals surface area contributed by atoms with E-state index in [4.69, 9.17) is 5.11 Å². The maximum Gasteiger partial charge on any atom is 0.317 e. The summed E-state index contributed by atoms with van der Waals surface area (Å²) in [5, 5.41) is 11.5. The molecule has 2 amide bonds. The van der Waals surface area contributed by atoms with Crippen LogP contribution in [0.15, 0.2) is 0 Å². The minimum atomic E-state index is -0.779. The molecule has 20 heavy (non-hydrogen) atoms. The van der Waals surface area contributed by atoms with Crippen molar-refractivity contribution in [1.82, 2.24) is 10.2 Å². The summed E-state index contributed by atoms with van der Waals surface area (Å²) in [6, 6.07) is -0.00520. The van der Waals surface area contributed by atoms with Gasteiger partial charge >= 0.3 is 12.0 Å². The van der Waals surface area contributed by atoms with E-state index in [9.17, 15) is 9.59 Å². The number of carbonyl (C=O) groups is 2. The molecule has 0 radical (unpaired) electrons. The van der Waals surface area contributed by atoms with Gasteiger partial charge in [0.05, 0.1) is 0 Å². The van der Waals surface area contributed by atoms with Gasteiger partial charge in [0.2, 0.25) is 0 Å². The largest absolute Gasteiger partial charge is 0.481 e. The second-order valence-corrected chi connectivity index (χ2v) is 6.29. The average Bonchev–Trinajstić information content (AvgIpc) is 2.42. The first kappa shape index (κ1) is 16.8. The quantitative estimate of drug-likeness (QED) is 0.787. The molecule has 0 aliphatic carbocycles. The van der Waals surface area contributed by atoms with Gasteiger partial charge in [-0.25, -0.2) is 4.79 Å². The summed E-state index contributed by atoms with van der Waals surface area (Å²) in [7, 11) is 0. The molecule has 5 nitrogen and oxygen atoms in total. The van der Waals surface area contributed by atoms with Crippen LogP contribution in [0.1, 0.15) is 46.5 Å². The first-order valence-corrected chi connectivity index (χ1v) is 7.64. The minimum absolute atomic E-state index is 0.00520. The molecule has 5 heteroatoms. The van der Waals surface area contributed by atoms with Gasteiger partial charge in [0.15, 0.2) is 0 Å². The molecular formula is C15H28N2O3. The second kappa shape index (κ2) is 8.12. The number of rotatable bonds is 6. The van der Waals surface area contributed by atoms with Crippen LogP contribution in [0.2, 0.25) is 0 Å². The maximum absolute atomic E-state index is 12.0. The number of hydrogen-bond acceptors (Lipinski definition) is 2. The van der Waals surface area contributed by atoms with Crippen LogP contribution in [0.3, 0.4) is 0 Å². The van der Waals surface area contributed by atoms with E-state index in [0.29, 0.717) is 18.9 Å². The summed E-state index contributed by atoms with van der Waals surface area (Å²) in [4.78, 5) is 24.4. The molecule has 1 saturated heterocycles. The molecule has 1 unspecified atom stereocenters. The van der Waals surface area contributed by atoms with E-state index in [0.717, 1.165) is 31.8 Å². The van der Waals surface area contributed by atoms with Gasteiger partial charge in [0.25, 0.3) is 0 Å². The van der Waals surface area contributed by atoms with Gasteiger partial charge < -0.3 is 15.3 Å². The van der Waals surface area contributed by atoms with Crippen LogP contribution in [0.4, 0.5) is 4.79 Å². The monoisotopic (exact) mass is 284 g/mol. The number of carboxylic acids is 1. The number of carboxylic acid groups (broad SMARTS) is 1. The third-order valence-corrected chi connectivity index (χ3v) is 4.22. The Morgan fingerprint density at radius 3 is 2.35 bits per heavy atom. The van der Waals surface area contributed by atoms with Gasteiger partial charge in [0, 0.05) is 26.1 Å². The fourth-order valence-electron chi connectivity index (χ4n) is 2.61. The normalized spacial score (nSPS) is 18.1. The predicted molar refractivity (Wildman–Crippen MR) is 78.6 cm³/mol. The Balaban J connectivity index is 2.22. The Hall–Kier alpha value is -1.26. The summed E-state index contributed by atoms with van der Waals surface area (Å²) in [6.07, 6.45) is 2.93. The Kier molecular flexibility index (Phi) is 6.82. The molecule has 0 aromatic rings. The van der Waals surface area contributed by atoms with Crippen molar-refractivity contribution in [2.75, 3.05) is 19.6 Å². The average molecular weight is 284 g/mol. The van der Waals surface area contributed by atoms with Gasteiger partial charge in [-0.15, -0.1) is 0 Å². The zero-order chi connectivity index (χ0) is 15.1. The van der Waals surface area contributed by atoms with E-state index >= 15 is 0 Å². The number of carbonyl (C=O) groups excluding carboxylic acids is 1. The van der Waals surface area contributed by atoms with E-state index in [1.54, 1.807) is 0 Å². The number of likely N-dealkylation sites (tertiary alicyclic amines) is 1. The predicted octanol–water partition coefficient (Wildman–Crippen LogP) is 2.56.